The van der Waals surface area contributed by atoms with Gasteiger partial charge >= 0.3 is 0 Å². The topological polar surface area (TPSA) is 29.1 Å². The predicted molar refractivity (Wildman–Crippen MR) is 78.5 cm³/mol. The zero-order valence-corrected chi connectivity index (χ0v) is 12.5. The highest BCUT2D eigenvalue weighted by Gasteiger charge is 2.20. The molecule has 1 N–H and O–H groups in total. The number of hydrogen-bond donors (Lipinski definition) is 1. The van der Waals surface area contributed by atoms with Gasteiger partial charge in [-0.25, -0.2) is 4.39 Å². The zero-order valence-electron chi connectivity index (χ0n) is 10.9. The van der Waals surface area contributed by atoms with Crippen molar-refractivity contribution in [2.24, 2.45) is 5.92 Å². The van der Waals surface area contributed by atoms with Crippen LogP contribution in [0.3, 0.4) is 0 Å². The summed E-state index contributed by atoms with van der Waals surface area (Å²) in [6.07, 6.45) is 7.83. The SMILES string of the molecule is O=C(Nc1cc(F)ccc1Br)C1CCCCCCC1. The minimum absolute atomic E-state index is 0.0215. The van der Waals surface area contributed by atoms with Crippen LogP contribution in [0.1, 0.15) is 44.9 Å². The van der Waals surface area contributed by atoms with E-state index in [9.17, 15) is 9.18 Å². The minimum Gasteiger partial charge on any atom is -0.325 e. The third kappa shape index (κ3) is 4.30. The maximum Gasteiger partial charge on any atom is 0.227 e. The van der Waals surface area contributed by atoms with Crippen molar-refractivity contribution in [2.45, 2.75) is 44.9 Å². The van der Waals surface area contributed by atoms with E-state index in [1.165, 1.54) is 31.4 Å². The van der Waals surface area contributed by atoms with E-state index in [4.69, 9.17) is 0 Å². The number of halogens is 2. The minimum atomic E-state index is -0.337. The second-order valence-corrected chi connectivity index (χ2v) is 6.01. The zero-order chi connectivity index (χ0) is 13.7. The lowest BCUT2D eigenvalue weighted by Crippen LogP contribution is -2.23. The van der Waals surface area contributed by atoms with Gasteiger partial charge in [-0.15, -0.1) is 0 Å². The van der Waals surface area contributed by atoms with E-state index in [0.717, 1.165) is 25.7 Å². The molecule has 2 nitrogen and oxygen atoms in total. The number of anilines is 1. The Bertz CT molecular complexity index is 442. The van der Waals surface area contributed by atoms with Gasteiger partial charge in [0.15, 0.2) is 0 Å². The Morgan fingerprint density at radius 2 is 1.79 bits per heavy atom. The van der Waals surface area contributed by atoms with Crippen molar-refractivity contribution in [3.63, 3.8) is 0 Å². The smallest absolute Gasteiger partial charge is 0.227 e. The van der Waals surface area contributed by atoms with Gasteiger partial charge in [0.2, 0.25) is 5.91 Å². The summed E-state index contributed by atoms with van der Waals surface area (Å²) in [6, 6.07) is 4.34. The molecule has 0 radical (unpaired) electrons. The molecule has 1 aliphatic rings. The Kier molecular flexibility index (Phi) is 5.37. The summed E-state index contributed by atoms with van der Waals surface area (Å²) in [5.74, 6) is -0.250. The van der Waals surface area contributed by atoms with Crippen LogP contribution in [0.4, 0.5) is 10.1 Å². The maximum absolute atomic E-state index is 13.2. The summed E-state index contributed by atoms with van der Waals surface area (Å²) in [7, 11) is 0. The molecule has 1 fully saturated rings. The number of amides is 1. The first-order valence-electron chi connectivity index (χ1n) is 6.93. The van der Waals surface area contributed by atoms with Gasteiger partial charge in [0.1, 0.15) is 5.82 Å². The molecular formula is C15H19BrFNO. The van der Waals surface area contributed by atoms with E-state index in [-0.39, 0.29) is 17.6 Å². The van der Waals surface area contributed by atoms with Gasteiger partial charge in [-0.3, -0.25) is 4.79 Å². The third-order valence-corrected chi connectivity index (χ3v) is 4.35. The average molecular weight is 328 g/mol. The summed E-state index contributed by atoms with van der Waals surface area (Å²) in [6.45, 7) is 0. The lowest BCUT2D eigenvalue weighted by atomic mass is 9.90. The number of benzene rings is 1. The Labute approximate surface area is 121 Å². The van der Waals surface area contributed by atoms with Gasteiger partial charge < -0.3 is 5.32 Å². The van der Waals surface area contributed by atoms with Crippen LogP contribution in [0.15, 0.2) is 22.7 Å². The van der Waals surface area contributed by atoms with E-state index >= 15 is 0 Å². The second-order valence-electron chi connectivity index (χ2n) is 5.16. The third-order valence-electron chi connectivity index (χ3n) is 3.66. The van der Waals surface area contributed by atoms with Crippen molar-refractivity contribution in [1.29, 1.82) is 0 Å². The molecule has 0 aromatic heterocycles. The van der Waals surface area contributed by atoms with Crippen LogP contribution in [0, 0.1) is 11.7 Å². The second kappa shape index (κ2) is 7.04. The predicted octanol–water partition coefficient (Wildman–Crippen LogP) is 4.89. The highest BCUT2D eigenvalue weighted by molar-refractivity contribution is 9.10. The molecule has 0 unspecified atom stereocenters. The van der Waals surface area contributed by atoms with Crippen LogP contribution in [0.2, 0.25) is 0 Å². The van der Waals surface area contributed by atoms with Crippen molar-refractivity contribution in [2.75, 3.05) is 5.32 Å². The van der Waals surface area contributed by atoms with E-state index in [2.05, 4.69) is 21.2 Å². The molecule has 104 valence electrons. The van der Waals surface area contributed by atoms with Crippen LogP contribution in [-0.4, -0.2) is 5.91 Å². The van der Waals surface area contributed by atoms with E-state index in [1.807, 2.05) is 0 Å². The molecule has 1 aromatic carbocycles. The number of carbonyl (C=O) groups excluding carboxylic acids is 1. The summed E-state index contributed by atoms with van der Waals surface area (Å²) in [5.41, 5.74) is 0.520. The first-order valence-corrected chi connectivity index (χ1v) is 7.72. The molecule has 4 heteroatoms. The Morgan fingerprint density at radius 1 is 1.16 bits per heavy atom. The molecule has 0 aliphatic heterocycles. The molecule has 1 amide bonds. The maximum atomic E-state index is 13.2. The van der Waals surface area contributed by atoms with Gasteiger partial charge in [-0.2, -0.15) is 0 Å². The lowest BCUT2D eigenvalue weighted by molar-refractivity contribution is -0.120. The first kappa shape index (κ1) is 14.5. The van der Waals surface area contributed by atoms with E-state index < -0.39 is 0 Å². The van der Waals surface area contributed by atoms with Crippen LogP contribution >= 0.6 is 15.9 Å². The fourth-order valence-electron chi connectivity index (χ4n) is 2.55. The summed E-state index contributed by atoms with van der Waals surface area (Å²) >= 11 is 3.33. The molecule has 1 aliphatic carbocycles. The van der Waals surface area contributed by atoms with Crippen molar-refractivity contribution >= 4 is 27.5 Å². The largest absolute Gasteiger partial charge is 0.325 e. The van der Waals surface area contributed by atoms with E-state index in [1.54, 1.807) is 6.07 Å². The number of hydrogen-bond acceptors (Lipinski definition) is 1. The molecule has 0 bridgehead atoms. The number of rotatable bonds is 2. The average Bonchev–Trinajstić information content (AvgIpc) is 2.33. The number of carbonyl (C=O) groups is 1. The van der Waals surface area contributed by atoms with Crippen molar-refractivity contribution in [1.82, 2.24) is 0 Å². The van der Waals surface area contributed by atoms with E-state index in [0.29, 0.717) is 10.2 Å². The van der Waals surface area contributed by atoms with Crippen LogP contribution in [0.25, 0.3) is 0 Å². The van der Waals surface area contributed by atoms with Crippen LogP contribution in [-0.2, 0) is 4.79 Å². The van der Waals surface area contributed by atoms with Crippen molar-refractivity contribution in [3.05, 3.63) is 28.5 Å². The molecule has 0 spiro atoms. The lowest BCUT2D eigenvalue weighted by Gasteiger charge is -2.19. The molecule has 0 atom stereocenters. The molecule has 1 aromatic rings. The van der Waals surface area contributed by atoms with Gasteiger partial charge in [-0.1, -0.05) is 32.1 Å². The fraction of sp³-hybridized carbons (Fsp3) is 0.533. The highest BCUT2D eigenvalue weighted by Crippen LogP contribution is 2.27. The summed E-state index contributed by atoms with van der Waals surface area (Å²) < 4.78 is 13.9. The van der Waals surface area contributed by atoms with Crippen molar-refractivity contribution in [3.8, 4) is 0 Å². The fourth-order valence-corrected chi connectivity index (χ4v) is 2.89. The quantitative estimate of drug-likeness (QED) is 0.823. The molecular weight excluding hydrogens is 309 g/mol. The summed E-state index contributed by atoms with van der Waals surface area (Å²) in [5, 5.41) is 2.84. The van der Waals surface area contributed by atoms with Gasteiger partial charge in [0, 0.05) is 10.4 Å². The van der Waals surface area contributed by atoms with Crippen LogP contribution < -0.4 is 5.32 Å². The van der Waals surface area contributed by atoms with Crippen molar-refractivity contribution < 1.29 is 9.18 Å². The molecule has 0 heterocycles. The molecule has 2 rings (SSSR count). The standard InChI is InChI=1S/C15H19BrFNO/c16-13-9-8-12(17)10-14(13)18-15(19)11-6-4-2-1-3-5-7-11/h8-11H,1-7H2,(H,18,19). The molecule has 19 heavy (non-hydrogen) atoms. The summed E-state index contributed by atoms with van der Waals surface area (Å²) in [4.78, 5) is 12.2. The van der Waals surface area contributed by atoms with Gasteiger partial charge in [0.05, 0.1) is 5.69 Å². The Hall–Kier alpha value is -0.900. The molecule has 1 saturated carbocycles. The number of nitrogens with one attached hydrogen (secondary N) is 1. The highest BCUT2D eigenvalue weighted by atomic mass is 79.9. The van der Waals surface area contributed by atoms with Gasteiger partial charge in [0.25, 0.3) is 0 Å². The normalized spacial score (nSPS) is 17.6. The van der Waals surface area contributed by atoms with Gasteiger partial charge in [-0.05, 0) is 47.0 Å². The monoisotopic (exact) mass is 327 g/mol. The van der Waals surface area contributed by atoms with Crippen LogP contribution in [0.5, 0.6) is 0 Å². The first-order chi connectivity index (χ1) is 9.16. The Balaban J connectivity index is 2.00. The Morgan fingerprint density at radius 3 is 2.47 bits per heavy atom. The molecule has 0 saturated heterocycles.